The van der Waals surface area contributed by atoms with Crippen molar-refractivity contribution in [3.05, 3.63) is 83.9 Å². The van der Waals surface area contributed by atoms with Gasteiger partial charge in [0.2, 0.25) is 0 Å². The summed E-state index contributed by atoms with van der Waals surface area (Å²) in [5, 5.41) is 5.98. The number of rotatable bonds is 6. The molecule has 0 atom stereocenters. The number of hydrogen-bond acceptors (Lipinski definition) is 4. The van der Waals surface area contributed by atoms with Crippen LogP contribution in [0.3, 0.4) is 0 Å². The second kappa shape index (κ2) is 8.11. The van der Waals surface area contributed by atoms with Gasteiger partial charge in [0.1, 0.15) is 17.3 Å². The maximum Gasteiger partial charge on any atom is 0.274 e. The smallest absolute Gasteiger partial charge is 0.274 e. The van der Waals surface area contributed by atoms with E-state index in [2.05, 4.69) is 15.6 Å². The predicted octanol–water partition coefficient (Wildman–Crippen LogP) is 4.09. The van der Waals surface area contributed by atoms with Crippen LogP contribution in [0.25, 0.3) is 0 Å². The third kappa shape index (κ3) is 4.57. The first-order valence-electron chi connectivity index (χ1n) is 8.04. The zero-order chi connectivity index (χ0) is 18.4. The molecule has 0 saturated carbocycles. The fourth-order valence-electron chi connectivity index (χ4n) is 2.37. The lowest BCUT2D eigenvalue weighted by molar-refractivity contribution is 0.102. The molecule has 26 heavy (non-hydrogen) atoms. The molecule has 0 bridgehead atoms. The van der Waals surface area contributed by atoms with Gasteiger partial charge < -0.3 is 15.4 Å². The van der Waals surface area contributed by atoms with Gasteiger partial charge in [0.25, 0.3) is 5.91 Å². The van der Waals surface area contributed by atoms with Gasteiger partial charge in [0, 0.05) is 30.2 Å². The first-order chi connectivity index (χ1) is 12.6. The molecule has 2 aromatic carbocycles. The van der Waals surface area contributed by atoms with Crippen LogP contribution in [0.2, 0.25) is 0 Å². The van der Waals surface area contributed by atoms with Gasteiger partial charge in [-0.3, -0.25) is 9.78 Å². The average molecular weight is 351 g/mol. The van der Waals surface area contributed by atoms with E-state index in [0.29, 0.717) is 18.0 Å². The van der Waals surface area contributed by atoms with Gasteiger partial charge in [-0.1, -0.05) is 18.2 Å². The van der Waals surface area contributed by atoms with E-state index in [9.17, 15) is 9.18 Å². The number of nitrogens with zero attached hydrogens (tertiary/aromatic N) is 1. The number of ether oxygens (including phenoxy) is 1. The van der Waals surface area contributed by atoms with E-state index in [4.69, 9.17) is 4.74 Å². The highest BCUT2D eigenvalue weighted by Crippen LogP contribution is 2.18. The Hall–Kier alpha value is -3.41. The lowest BCUT2D eigenvalue weighted by atomic mass is 10.2. The molecule has 0 aliphatic rings. The molecule has 0 unspecified atom stereocenters. The Morgan fingerprint density at radius 1 is 1.08 bits per heavy atom. The van der Waals surface area contributed by atoms with E-state index in [1.807, 2.05) is 0 Å². The van der Waals surface area contributed by atoms with E-state index in [0.717, 1.165) is 11.3 Å². The van der Waals surface area contributed by atoms with Crippen LogP contribution >= 0.6 is 0 Å². The SMILES string of the molecule is COc1cccc(NC(=O)c2cc(NCc3ccc(F)cc3)ccn2)c1. The summed E-state index contributed by atoms with van der Waals surface area (Å²) in [7, 11) is 1.57. The molecule has 132 valence electrons. The summed E-state index contributed by atoms with van der Waals surface area (Å²) in [5.41, 5.74) is 2.60. The molecule has 0 saturated heterocycles. The van der Waals surface area contributed by atoms with Crippen molar-refractivity contribution in [2.45, 2.75) is 6.54 Å². The Labute approximate surface area is 150 Å². The van der Waals surface area contributed by atoms with Crippen LogP contribution in [0.4, 0.5) is 15.8 Å². The Morgan fingerprint density at radius 3 is 2.65 bits per heavy atom. The minimum Gasteiger partial charge on any atom is -0.497 e. The van der Waals surface area contributed by atoms with Gasteiger partial charge in [-0.25, -0.2) is 4.39 Å². The molecule has 0 radical (unpaired) electrons. The Kier molecular flexibility index (Phi) is 5.43. The topological polar surface area (TPSA) is 63.2 Å². The van der Waals surface area contributed by atoms with Gasteiger partial charge in [-0.15, -0.1) is 0 Å². The zero-order valence-corrected chi connectivity index (χ0v) is 14.2. The lowest BCUT2D eigenvalue weighted by Crippen LogP contribution is -2.14. The fraction of sp³-hybridized carbons (Fsp3) is 0.100. The monoisotopic (exact) mass is 351 g/mol. The van der Waals surface area contributed by atoms with Gasteiger partial charge in [0.05, 0.1) is 7.11 Å². The molecule has 1 amide bonds. The maximum atomic E-state index is 12.9. The van der Waals surface area contributed by atoms with E-state index >= 15 is 0 Å². The number of carbonyl (C=O) groups is 1. The van der Waals surface area contributed by atoms with Crippen molar-refractivity contribution in [3.63, 3.8) is 0 Å². The highest BCUT2D eigenvalue weighted by atomic mass is 19.1. The predicted molar refractivity (Wildman–Crippen MR) is 98.9 cm³/mol. The molecule has 5 nitrogen and oxygen atoms in total. The van der Waals surface area contributed by atoms with Crippen molar-refractivity contribution in [2.75, 3.05) is 17.7 Å². The highest BCUT2D eigenvalue weighted by molar-refractivity contribution is 6.03. The molecule has 6 heteroatoms. The summed E-state index contributed by atoms with van der Waals surface area (Å²) in [6, 6.07) is 16.8. The van der Waals surface area contributed by atoms with Crippen LogP contribution < -0.4 is 15.4 Å². The van der Waals surface area contributed by atoms with Gasteiger partial charge >= 0.3 is 0 Å². The molecular formula is C20H18FN3O2. The molecule has 0 aliphatic carbocycles. The summed E-state index contributed by atoms with van der Waals surface area (Å²) < 4.78 is 18.1. The van der Waals surface area contributed by atoms with E-state index < -0.39 is 0 Å². The number of hydrogen-bond donors (Lipinski definition) is 2. The number of carbonyl (C=O) groups excluding carboxylic acids is 1. The highest BCUT2D eigenvalue weighted by Gasteiger charge is 2.09. The number of benzene rings is 2. The third-order valence-electron chi connectivity index (χ3n) is 3.73. The number of anilines is 2. The Morgan fingerprint density at radius 2 is 1.88 bits per heavy atom. The van der Waals surface area contributed by atoms with Crippen LogP contribution in [0.15, 0.2) is 66.9 Å². The largest absolute Gasteiger partial charge is 0.497 e. The van der Waals surface area contributed by atoms with Crippen molar-refractivity contribution >= 4 is 17.3 Å². The molecule has 2 N–H and O–H groups in total. The fourth-order valence-corrected chi connectivity index (χ4v) is 2.37. The first kappa shape index (κ1) is 17.4. The van der Waals surface area contributed by atoms with E-state index in [1.165, 1.54) is 12.1 Å². The molecule has 3 rings (SSSR count). The summed E-state index contributed by atoms with van der Waals surface area (Å²) >= 11 is 0. The summed E-state index contributed by atoms with van der Waals surface area (Å²) in [6.07, 6.45) is 1.56. The van der Waals surface area contributed by atoms with Crippen LogP contribution in [-0.4, -0.2) is 18.0 Å². The van der Waals surface area contributed by atoms with Crippen LogP contribution in [0, 0.1) is 5.82 Å². The number of nitrogens with one attached hydrogen (secondary N) is 2. The van der Waals surface area contributed by atoms with Gasteiger partial charge in [-0.05, 0) is 42.0 Å². The van der Waals surface area contributed by atoms with Crippen molar-refractivity contribution in [3.8, 4) is 5.75 Å². The molecule has 0 spiro atoms. The molecule has 0 aliphatic heterocycles. The number of pyridine rings is 1. The minimum atomic E-state index is -0.316. The van der Waals surface area contributed by atoms with Crippen molar-refractivity contribution in [1.82, 2.24) is 4.98 Å². The van der Waals surface area contributed by atoms with E-state index in [-0.39, 0.29) is 17.4 Å². The van der Waals surface area contributed by atoms with Crippen LogP contribution in [-0.2, 0) is 6.54 Å². The second-order valence-electron chi connectivity index (χ2n) is 5.60. The molecule has 1 aromatic heterocycles. The Balaban J connectivity index is 1.65. The second-order valence-corrected chi connectivity index (χ2v) is 5.60. The van der Waals surface area contributed by atoms with Crippen molar-refractivity contribution in [1.29, 1.82) is 0 Å². The van der Waals surface area contributed by atoms with E-state index in [1.54, 1.807) is 61.8 Å². The quantitative estimate of drug-likeness (QED) is 0.702. The molecule has 0 fully saturated rings. The normalized spacial score (nSPS) is 10.2. The van der Waals surface area contributed by atoms with Gasteiger partial charge in [-0.2, -0.15) is 0 Å². The molecular weight excluding hydrogens is 333 g/mol. The molecule has 1 heterocycles. The summed E-state index contributed by atoms with van der Waals surface area (Å²) in [6.45, 7) is 0.515. The Bertz CT molecular complexity index is 898. The van der Waals surface area contributed by atoms with Gasteiger partial charge in [0.15, 0.2) is 0 Å². The summed E-state index contributed by atoms with van der Waals surface area (Å²) in [4.78, 5) is 16.5. The standard InChI is InChI=1S/C20H18FN3O2/c1-26-18-4-2-3-17(11-18)24-20(25)19-12-16(9-10-22-19)23-13-14-5-7-15(21)8-6-14/h2-12H,13H2,1H3,(H,22,23)(H,24,25). The summed E-state index contributed by atoms with van der Waals surface area (Å²) in [5.74, 6) is 0.0725. The van der Waals surface area contributed by atoms with Crippen molar-refractivity contribution in [2.24, 2.45) is 0 Å². The number of methoxy groups -OCH3 is 1. The third-order valence-corrected chi connectivity index (χ3v) is 3.73. The molecule has 3 aromatic rings. The maximum absolute atomic E-state index is 12.9. The number of aromatic nitrogens is 1. The minimum absolute atomic E-state index is 0.269. The lowest BCUT2D eigenvalue weighted by Gasteiger charge is -2.09. The average Bonchev–Trinajstić information content (AvgIpc) is 2.68. The van der Waals surface area contributed by atoms with Crippen LogP contribution in [0.1, 0.15) is 16.1 Å². The van der Waals surface area contributed by atoms with Crippen molar-refractivity contribution < 1.29 is 13.9 Å². The van der Waals surface area contributed by atoms with Crippen LogP contribution in [0.5, 0.6) is 5.75 Å². The number of halogens is 1. The number of amides is 1. The zero-order valence-electron chi connectivity index (χ0n) is 14.2. The first-order valence-corrected chi connectivity index (χ1v) is 8.04.